The van der Waals surface area contributed by atoms with Crippen molar-refractivity contribution in [3.05, 3.63) is 66.4 Å². The molecule has 0 amide bonds. The zero-order valence-electron chi connectivity index (χ0n) is 26.3. The number of aliphatic hydroxyl groups is 2. The first-order valence-corrected chi connectivity index (χ1v) is 15.8. The predicted molar refractivity (Wildman–Crippen MR) is 168 cm³/mol. The van der Waals surface area contributed by atoms with E-state index >= 15 is 0 Å². The van der Waals surface area contributed by atoms with E-state index in [1.165, 1.54) is 29.2 Å². The summed E-state index contributed by atoms with van der Waals surface area (Å²) >= 11 is 0. The molecule has 1 aromatic heterocycles. The van der Waals surface area contributed by atoms with Crippen molar-refractivity contribution in [3.63, 3.8) is 0 Å². The van der Waals surface area contributed by atoms with Gasteiger partial charge in [0.05, 0.1) is 12.2 Å². The molecule has 5 rings (SSSR count). The van der Waals surface area contributed by atoms with Gasteiger partial charge in [-0.2, -0.15) is 0 Å². The van der Waals surface area contributed by atoms with Crippen LogP contribution in [0.4, 0.5) is 0 Å². The van der Waals surface area contributed by atoms with Crippen LogP contribution >= 0.6 is 0 Å². The van der Waals surface area contributed by atoms with E-state index < -0.39 is 0 Å². The number of nitrogens with zero attached hydrogens (tertiary/aromatic N) is 1. The number of fused-ring (bicyclic) bond motifs is 2. The summed E-state index contributed by atoms with van der Waals surface area (Å²) < 4.78 is 0. The second-order valence-electron chi connectivity index (χ2n) is 13.6. The summed E-state index contributed by atoms with van der Waals surface area (Å²) in [6, 6.07) is 20.0. The molecule has 2 aliphatic rings. The quantitative estimate of drug-likeness (QED) is 0.257. The Morgan fingerprint density at radius 3 is 2.15 bits per heavy atom. The first-order chi connectivity index (χ1) is 19.1. The number of aliphatic hydroxyl groups excluding tert-OH is 2. The van der Waals surface area contributed by atoms with Crippen LogP contribution in [0.5, 0.6) is 0 Å². The van der Waals surface area contributed by atoms with E-state index in [0.29, 0.717) is 5.92 Å². The van der Waals surface area contributed by atoms with Crippen LogP contribution in [0.15, 0.2) is 54.7 Å². The van der Waals surface area contributed by atoms with Crippen LogP contribution in [0.2, 0.25) is 0 Å². The van der Waals surface area contributed by atoms with Crippen molar-refractivity contribution in [1.82, 2.24) is 4.98 Å². The summed E-state index contributed by atoms with van der Waals surface area (Å²) in [7, 11) is 0. The molecule has 4 heteroatoms. The van der Waals surface area contributed by atoms with Gasteiger partial charge in [-0.25, -0.2) is 0 Å². The molecule has 0 spiro atoms. The van der Waals surface area contributed by atoms with Crippen molar-refractivity contribution in [2.24, 2.45) is 22.7 Å². The Labute approximate surface area is 262 Å². The van der Waals surface area contributed by atoms with E-state index in [1.807, 2.05) is 24.4 Å². The van der Waals surface area contributed by atoms with Gasteiger partial charge in [-0.15, -0.1) is 35.9 Å². The number of aromatic nitrogens is 1. The van der Waals surface area contributed by atoms with Crippen LogP contribution in [0.1, 0.15) is 105 Å². The smallest absolute Gasteiger partial charge is 0.0651 e. The van der Waals surface area contributed by atoms with Gasteiger partial charge in [-0.1, -0.05) is 73.1 Å². The molecular weight excluding hydrogens is 683 g/mol. The minimum absolute atomic E-state index is 0. The average molecular weight is 735 g/mol. The minimum Gasteiger partial charge on any atom is -0.392 e. The molecule has 3 aromatic rings. The van der Waals surface area contributed by atoms with Gasteiger partial charge in [-0.05, 0) is 95.2 Å². The van der Waals surface area contributed by atoms with E-state index in [1.54, 1.807) is 0 Å². The number of pyridine rings is 1. The van der Waals surface area contributed by atoms with E-state index in [-0.39, 0.29) is 54.5 Å². The van der Waals surface area contributed by atoms with Crippen LogP contribution in [-0.4, -0.2) is 27.4 Å². The number of hydrogen-bond acceptors (Lipinski definition) is 3. The van der Waals surface area contributed by atoms with E-state index in [9.17, 15) is 10.2 Å². The molecule has 2 saturated carbocycles. The van der Waals surface area contributed by atoms with Crippen molar-refractivity contribution < 1.29 is 30.3 Å². The third kappa shape index (κ3) is 6.67. The monoisotopic (exact) mass is 735 g/mol. The third-order valence-electron chi connectivity index (χ3n) is 10.9. The molecule has 41 heavy (non-hydrogen) atoms. The predicted octanol–water partition coefficient (Wildman–Crippen LogP) is 9.14. The molecule has 2 N–H and O–H groups in total. The van der Waals surface area contributed by atoms with E-state index in [4.69, 9.17) is 0 Å². The Morgan fingerprint density at radius 2 is 1.56 bits per heavy atom. The maximum atomic E-state index is 11.1. The van der Waals surface area contributed by atoms with Gasteiger partial charge in [-0.3, -0.25) is 0 Å². The van der Waals surface area contributed by atoms with E-state index in [2.05, 4.69) is 89.8 Å². The third-order valence-corrected chi connectivity index (χ3v) is 10.9. The van der Waals surface area contributed by atoms with Crippen LogP contribution < -0.4 is 0 Å². The topological polar surface area (TPSA) is 53.4 Å². The van der Waals surface area contributed by atoms with Crippen LogP contribution in [0, 0.1) is 28.7 Å². The molecule has 4 unspecified atom stereocenters. The summed E-state index contributed by atoms with van der Waals surface area (Å²) in [5.74, 6) is 0.636. The molecule has 3 nitrogen and oxygen atoms in total. The number of hydrogen-bond donors (Lipinski definition) is 2. The first kappa shape index (κ1) is 33.9. The average Bonchev–Trinajstić information content (AvgIpc) is 3.17. The fourth-order valence-corrected chi connectivity index (χ4v) is 7.82. The summed E-state index contributed by atoms with van der Waals surface area (Å²) in [4.78, 5) is 4.54. The molecule has 0 bridgehead atoms. The maximum absolute atomic E-state index is 11.1. The molecule has 2 aliphatic carbocycles. The summed E-state index contributed by atoms with van der Waals surface area (Å²) in [6.07, 6.45) is 10.1. The summed E-state index contributed by atoms with van der Waals surface area (Å²) in [5.41, 5.74) is 3.65. The summed E-state index contributed by atoms with van der Waals surface area (Å²) in [5, 5.41) is 24.5. The van der Waals surface area contributed by atoms with Crippen molar-refractivity contribution in [2.75, 3.05) is 0 Å². The van der Waals surface area contributed by atoms with Gasteiger partial charge < -0.3 is 15.2 Å². The summed E-state index contributed by atoms with van der Waals surface area (Å²) in [6.45, 7) is 15.5. The first-order valence-electron chi connectivity index (χ1n) is 15.8. The Kier molecular flexibility index (Phi) is 11.4. The standard InChI is InChI=1S/C19H18N.C18H34O2.Ir/c1-19(2,3)16-9-10-17-15(13-16)11-12-20-18(17)14-7-5-4-6-8-14;1-5-17(6-2)11-9-10-13-12-18(7-3,8-4)16(20)14(13)15(17)19;/h4-7,9-13H,1-3H3;13-16,19-20H,5-12H2,1-4H3;/q-1;;. The fraction of sp³-hybridized carbons (Fsp3) is 0.595. The zero-order valence-corrected chi connectivity index (χ0v) is 28.7. The van der Waals surface area contributed by atoms with Gasteiger partial charge >= 0.3 is 0 Å². The Balaban J connectivity index is 0.000000220. The van der Waals surface area contributed by atoms with Gasteiger partial charge in [0.2, 0.25) is 0 Å². The molecule has 0 aliphatic heterocycles. The molecule has 0 saturated heterocycles. The van der Waals surface area contributed by atoms with Gasteiger partial charge in [0, 0.05) is 32.2 Å². The maximum Gasteiger partial charge on any atom is 0.0651 e. The fourth-order valence-electron chi connectivity index (χ4n) is 7.82. The molecular formula is C37H52IrNO2-. The molecule has 227 valence electrons. The van der Waals surface area contributed by atoms with Crippen molar-refractivity contribution >= 4 is 10.8 Å². The molecule has 2 aromatic carbocycles. The Hall–Kier alpha value is -1.58. The van der Waals surface area contributed by atoms with Crippen LogP contribution in [0.25, 0.3) is 22.0 Å². The van der Waals surface area contributed by atoms with Gasteiger partial charge in [0.15, 0.2) is 0 Å². The van der Waals surface area contributed by atoms with Crippen molar-refractivity contribution in [3.8, 4) is 11.3 Å². The molecule has 2 fully saturated rings. The van der Waals surface area contributed by atoms with Crippen LogP contribution in [-0.2, 0) is 25.5 Å². The zero-order chi connectivity index (χ0) is 29.1. The molecule has 1 heterocycles. The van der Waals surface area contributed by atoms with Crippen LogP contribution in [0.3, 0.4) is 0 Å². The normalized spacial score (nSPS) is 24.9. The minimum atomic E-state index is -0.319. The van der Waals surface area contributed by atoms with Crippen molar-refractivity contribution in [1.29, 1.82) is 0 Å². The Bertz CT molecular complexity index is 1240. The number of benzene rings is 2. The van der Waals surface area contributed by atoms with Gasteiger partial charge in [0.1, 0.15) is 0 Å². The number of rotatable bonds is 5. The second-order valence-corrected chi connectivity index (χ2v) is 13.6. The Morgan fingerprint density at radius 1 is 0.902 bits per heavy atom. The largest absolute Gasteiger partial charge is 0.392 e. The SMILES string of the molecule is CC(C)(C)c1ccc2c(-c3[c-]cccc3)nccc2c1.CCC1(CC)CCCC2CC(CC)(CC)C(O)C2C1O.[Ir]. The van der Waals surface area contributed by atoms with E-state index in [0.717, 1.165) is 49.8 Å². The second kappa shape index (κ2) is 13.8. The molecule has 1 radical (unpaired) electrons. The van der Waals surface area contributed by atoms with Crippen molar-refractivity contribution in [2.45, 2.75) is 117 Å². The van der Waals surface area contributed by atoms with Gasteiger partial charge in [0.25, 0.3) is 0 Å². The molecule has 4 atom stereocenters.